The lowest BCUT2D eigenvalue weighted by Gasteiger charge is -2.13. The Bertz CT molecular complexity index is 434. The molecule has 0 saturated heterocycles. The molecule has 17 heavy (non-hydrogen) atoms. The van der Waals surface area contributed by atoms with Crippen molar-refractivity contribution < 1.29 is 9.90 Å². The van der Waals surface area contributed by atoms with Crippen molar-refractivity contribution in [3.05, 3.63) is 35.7 Å². The predicted octanol–water partition coefficient (Wildman–Crippen LogP) is 2.05. The highest BCUT2D eigenvalue weighted by atomic mass is 16.4. The van der Waals surface area contributed by atoms with Crippen LogP contribution in [0.5, 0.6) is 0 Å². The maximum atomic E-state index is 10.5. The molecule has 90 valence electrons. The summed E-state index contributed by atoms with van der Waals surface area (Å²) >= 11 is 0. The average molecular weight is 233 g/mol. The Morgan fingerprint density at radius 3 is 2.71 bits per heavy atom. The SMILES string of the molecule is C=NN(C=C(C)C)c1ccc(CC(=O)O)cn1. The number of hydrazone groups is 1. The van der Waals surface area contributed by atoms with Gasteiger partial charge in [-0.25, -0.2) is 9.99 Å². The summed E-state index contributed by atoms with van der Waals surface area (Å²) < 4.78 is 0. The fourth-order valence-electron chi connectivity index (χ4n) is 1.26. The van der Waals surface area contributed by atoms with Crippen LogP contribution in [0.25, 0.3) is 0 Å². The van der Waals surface area contributed by atoms with E-state index in [0.717, 1.165) is 5.57 Å². The van der Waals surface area contributed by atoms with Crippen LogP contribution >= 0.6 is 0 Å². The minimum atomic E-state index is -0.873. The molecule has 0 radical (unpaired) electrons. The van der Waals surface area contributed by atoms with Crippen molar-refractivity contribution in [3.8, 4) is 0 Å². The summed E-state index contributed by atoms with van der Waals surface area (Å²) in [4.78, 5) is 14.7. The summed E-state index contributed by atoms with van der Waals surface area (Å²) in [7, 11) is 0. The monoisotopic (exact) mass is 233 g/mol. The number of pyridine rings is 1. The number of carbonyl (C=O) groups is 1. The summed E-state index contributed by atoms with van der Waals surface area (Å²) in [6, 6.07) is 3.43. The molecule has 5 nitrogen and oxygen atoms in total. The van der Waals surface area contributed by atoms with Crippen molar-refractivity contribution in [2.24, 2.45) is 5.10 Å². The molecule has 0 amide bonds. The number of allylic oxidation sites excluding steroid dienone is 1. The largest absolute Gasteiger partial charge is 0.481 e. The van der Waals surface area contributed by atoms with E-state index in [-0.39, 0.29) is 6.42 Å². The van der Waals surface area contributed by atoms with Gasteiger partial charge in [0, 0.05) is 19.1 Å². The molecule has 1 rings (SSSR count). The minimum absolute atomic E-state index is 0.0303. The van der Waals surface area contributed by atoms with Crippen molar-refractivity contribution >= 4 is 18.5 Å². The van der Waals surface area contributed by atoms with Crippen LogP contribution in [0, 0.1) is 0 Å². The maximum Gasteiger partial charge on any atom is 0.307 e. The number of nitrogens with zero attached hydrogens (tertiary/aromatic N) is 3. The third-order valence-corrected chi connectivity index (χ3v) is 1.93. The summed E-state index contributed by atoms with van der Waals surface area (Å²) in [6.45, 7) is 7.34. The van der Waals surface area contributed by atoms with Crippen LogP contribution in [-0.4, -0.2) is 22.8 Å². The molecule has 0 unspecified atom stereocenters. The van der Waals surface area contributed by atoms with Gasteiger partial charge in [0.1, 0.15) is 0 Å². The molecule has 0 saturated carbocycles. The Kier molecular flexibility index (Phi) is 4.39. The van der Waals surface area contributed by atoms with E-state index < -0.39 is 5.97 Å². The molecular formula is C12H15N3O2. The molecule has 0 aliphatic carbocycles. The number of hydrogen-bond acceptors (Lipinski definition) is 4. The standard InChI is InChI=1S/C12H15N3O2/c1-9(2)8-15(13-3)11-5-4-10(7-14-11)6-12(16)17/h4-5,7-8H,3,6H2,1-2H3,(H,16,17). The van der Waals surface area contributed by atoms with Gasteiger partial charge in [-0.3, -0.25) is 4.79 Å². The second-order valence-corrected chi connectivity index (χ2v) is 3.79. The van der Waals surface area contributed by atoms with Crippen LogP contribution < -0.4 is 5.01 Å². The Morgan fingerprint density at radius 2 is 2.29 bits per heavy atom. The van der Waals surface area contributed by atoms with Crippen molar-refractivity contribution in [1.29, 1.82) is 0 Å². The van der Waals surface area contributed by atoms with Crippen LogP contribution in [0.1, 0.15) is 19.4 Å². The molecule has 1 N–H and O–H groups in total. The number of rotatable bonds is 5. The van der Waals surface area contributed by atoms with Crippen LogP contribution in [0.4, 0.5) is 5.82 Å². The normalized spacial score (nSPS) is 9.53. The number of carboxylic acids is 1. The Balaban J connectivity index is 2.89. The number of carboxylic acid groups (broad SMARTS) is 1. The molecular weight excluding hydrogens is 218 g/mol. The molecule has 0 aliphatic rings. The number of aromatic nitrogens is 1. The van der Waals surface area contributed by atoms with Crippen LogP contribution in [0.15, 0.2) is 35.2 Å². The van der Waals surface area contributed by atoms with Crippen LogP contribution in [-0.2, 0) is 11.2 Å². The summed E-state index contributed by atoms with van der Waals surface area (Å²) in [5.41, 5.74) is 1.72. The Hall–Kier alpha value is -2.17. The molecule has 0 aliphatic heterocycles. The zero-order valence-electron chi connectivity index (χ0n) is 9.92. The molecule has 0 spiro atoms. The first-order chi connectivity index (χ1) is 8.02. The lowest BCUT2D eigenvalue weighted by Crippen LogP contribution is -2.09. The fourth-order valence-corrected chi connectivity index (χ4v) is 1.26. The lowest BCUT2D eigenvalue weighted by atomic mass is 10.2. The average Bonchev–Trinajstić information content (AvgIpc) is 2.26. The fraction of sp³-hybridized carbons (Fsp3) is 0.250. The van der Waals surface area contributed by atoms with Crippen molar-refractivity contribution in [1.82, 2.24) is 4.98 Å². The summed E-state index contributed by atoms with van der Waals surface area (Å²) in [6.07, 6.45) is 3.30. The molecule has 1 aromatic rings. The highest BCUT2D eigenvalue weighted by Gasteiger charge is 2.04. The number of aliphatic carboxylic acids is 1. The molecule has 0 bridgehead atoms. The third kappa shape index (κ3) is 4.06. The van der Waals surface area contributed by atoms with Gasteiger partial charge in [-0.1, -0.05) is 11.6 Å². The van der Waals surface area contributed by atoms with Crippen LogP contribution in [0.2, 0.25) is 0 Å². The maximum absolute atomic E-state index is 10.5. The topological polar surface area (TPSA) is 65.8 Å². The van der Waals surface area contributed by atoms with E-state index in [0.29, 0.717) is 11.4 Å². The second-order valence-electron chi connectivity index (χ2n) is 3.79. The zero-order valence-corrected chi connectivity index (χ0v) is 9.92. The first kappa shape index (κ1) is 12.9. The van der Waals surface area contributed by atoms with E-state index >= 15 is 0 Å². The lowest BCUT2D eigenvalue weighted by molar-refractivity contribution is -0.136. The Labute approximate surface area is 100 Å². The molecule has 5 heteroatoms. The number of anilines is 1. The first-order valence-corrected chi connectivity index (χ1v) is 5.10. The van der Waals surface area contributed by atoms with Gasteiger partial charge in [0.2, 0.25) is 0 Å². The molecule has 0 atom stereocenters. The quantitative estimate of drug-likeness (QED) is 0.624. The van der Waals surface area contributed by atoms with Crippen molar-refractivity contribution in [2.45, 2.75) is 20.3 Å². The van der Waals surface area contributed by atoms with Gasteiger partial charge in [-0.2, -0.15) is 5.10 Å². The minimum Gasteiger partial charge on any atom is -0.481 e. The predicted molar refractivity (Wildman–Crippen MR) is 67.0 cm³/mol. The molecule has 1 heterocycles. The highest BCUT2D eigenvalue weighted by Crippen LogP contribution is 2.13. The van der Waals surface area contributed by atoms with Crippen LogP contribution in [0.3, 0.4) is 0 Å². The van der Waals surface area contributed by atoms with Gasteiger partial charge in [-0.05, 0) is 25.5 Å². The smallest absolute Gasteiger partial charge is 0.307 e. The van der Waals surface area contributed by atoms with Gasteiger partial charge in [0.15, 0.2) is 5.82 Å². The van der Waals surface area contributed by atoms with E-state index in [1.807, 2.05) is 13.8 Å². The van der Waals surface area contributed by atoms with Gasteiger partial charge in [0.25, 0.3) is 0 Å². The van der Waals surface area contributed by atoms with Gasteiger partial charge >= 0.3 is 5.97 Å². The zero-order chi connectivity index (χ0) is 12.8. The first-order valence-electron chi connectivity index (χ1n) is 5.10. The van der Waals surface area contributed by atoms with Gasteiger partial charge in [-0.15, -0.1) is 0 Å². The second kappa shape index (κ2) is 5.79. The highest BCUT2D eigenvalue weighted by molar-refractivity contribution is 5.70. The Morgan fingerprint density at radius 1 is 1.59 bits per heavy atom. The molecule has 0 fully saturated rings. The van der Waals surface area contributed by atoms with Gasteiger partial charge in [0.05, 0.1) is 6.42 Å². The summed E-state index contributed by atoms with van der Waals surface area (Å²) in [5, 5.41) is 14.0. The van der Waals surface area contributed by atoms with E-state index in [1.165, 1.54) is 6.20 Å². The van der Waals surface area contributed by atoms with Crippen molar-refractivity contribution in [3.63, 3.8) is 0 Å². The van der Waals surface area contributed by atoms with E-state index in [4.69, 9.17) is 5.11 Å². The van der Waals surface area contributed by atoms with Crippen molar-refractivity contribution in [2.75, 3.05) is 5.01 Å². The number of hydrogen-bond donors (Lipinski definition) is 1. The molecule has 0 aromatic carbocycles. The van der Waals surface area contributed by atoms with E-state index in [9.17, 15) is 4.79 Å². The molecule has 1 aromatic heterocycles. The van der Waals surface area contributed by atoms with E-state index in [2.05, 4.69) is 16.8 Å². The summed E-state index contributed by atoms with van der Waals surface area (Å²) in [5.74, 6) is -0.266. The van der Waals surface area contributed by atoms with Gasteiger partial charge < -0.3 is 5.11 Å². The van der Waals surface area contributed by atoms with E-state index in [1.54, 1.807) is 23.3 Å². The third-order valence-electron chi connectivity index (χ3n) is 1.93.